The summed E-state index contributed by atoms with van der Waals surface area (Å²) in [5.74, 6) is 0.890. The number of hydrogen-bond donors (Lipinski definition) is 0. The fraction of sp³-hybridized carbons (Fsp3) is 0. The van der Waals surface area contributed by atoms with Crippen LogP contribution in [0.2, 0.25) is 0 Å². The van der Waals surface area contributed by atoms with E-state index in [4.69, 9.17) is 4.42 Å². The SMILES string of the molecule is c1ccc(-c2c[o+]c(-c3ccccc3)c(-c3ccccc3)c2)cc1. The van der Waals surface area contributed by atoms with Gasteiger partial charge in [-0.05, 0) is 29.3 Å². The third kappa shape index (κ3) is 2.84. The zero-order valence-corrected chi connectivity index (χ0v) is 13.2. The molecule has 0 saturated carbocycles. The topological polar surface area (TPSA) is 11.3 Å². The molecule has 0 radical (unpaired) electrons. The lowest BCUT2D eigenvalue weighted by molar-refractivity contribution is 0.569. The van der Waals surface area contributed by atoms with Gasteiger partial charge in [0.25, 0.3) is 0 Å². The minimum Gasteiger partial charge on any atom is -0.214 e. The van der Waals surface area contributed by atoms with E-state index in [0.29, 0.717) is 0 Å². The zero-order chi connectivity index (χ0) is 16.2. The Morgan fingerprint density at radius 1 is 0.458 bits per heavy atom. The fourth-order valence-electron chi connectivity index (χ4n) is 2.87. The van der Waals surface area contributed by atoms with Crippen LogP contribution in [0, 0.1) is 0 Å². The largest absolute Gasteiger partial charge is 0.367 e. The average Bonchev–Trinajstić information content (AvgIpc) is 2.69. The molecule has 0 saturated heterocycles. The minimum atomic E-state index is 0.890. The van der Waals surface area contributed by atoms with Gasteiger partial charge < -0.3 is 0 Å². The van der Waals surface area contributed by atoms with E-state index in [1.165, 1.54) is 0 Å². The van der Waals surface area contributed by atoms with E-state index < -0.39 is 0 Å². The van der Waals surface area contributed by atoms with Crippen molar-refractivity contribution < 1.29 is 4.42 Å². The second kappa shape index (κ2) is 6.51. The van der Waals surface area contributed by atoms with Crippen molar-refractivity contribution in [2.45, 2.75) is 0 Å². The molecule has 0 aliphatic carbocycles. The van der Waals surface area contributed by atoms with Gasteiger partial charge in [0.1, 0.15) is 0 Å². The third-order valence-electron chi connectivity index (χ3n) is 4.08. The maximum Gasteiger partial charge on any atom is 0.367 e. The van der Waals surface area contributed by atoms with Gasteiger partial charge in [-0.15, -0.1) is 0 Å². The molecule has 0 N–H and O–H groups in total. The molecule has 1 heterocycles. The fourth-order valence-corrected chi connectivity index (χ4v) is 2.87. The molecule has 0 atom stereocenters. The van der Waals surface area contributed by atoms with Crippen molar-refractivity contribution in [3.05, 3.63) is 103 Å². The predicted octanol–water partition coefficient (Wildman–Crippen LogP) is 6.56. The summed E-state index contributed by atoms with van der Waals surface area (Å²) in [4.78, 5) is 0. The van der Waals surface area contributed by atoms with Crippen molar-refractivity contribution in [2.24, 2.45) is 0 Å². The van der Waals surface area contributed by atoms with Crippen LogP contribution in [0.5, 0.6) is 0 Å². The summed E-state index contributed by atoms with van der Waals surface area (Å²) in [7, 11) is 0. The van der Waals surface area contributed by atoms with Crippen molar-refractivity contribution in [2.75, 3.05) is 0 Å². The van der Waals surface area contributed by atoms with Crippen molar-refractivity contribution in [3.8, 4) is 33.6 Å². The molecule has 0 amide bonds. The Labute approximate surface area is 141 Å². The minimum absolute atomic E-state index is 0.890. The first-order valence-electron chi connectivity index (χ1n) is 8.04. The Morgan fingerprint density at radius 3 is 1.54 bits per heavy atom. The quantitative estimate of drug-likeness (QED) is 0.390. The molecule has 4 aromatic rings. The van der Waals surface area contributed by atoms with Crippen LogP contribution < -0.4 is 0 Å². The lowest BCUT2D eigenvalue weighted by Gasteiger charge is -2.04. The monoisotopic (exact) mass is 309 g/mol. The molecule has 0 aliphatic rings. The highest BCUT2D eigenvalue weighted by atomic mass is 16.3. The highest BCUT2D eigenvalue weighted by molar-refractivity contribution is 5.82. The van der Waals surface area contributed by atoms with Gasteiger partial charge >= 0.3 is 12.0 Å². The van der Waals surface area contributed by atoms with Crippen LogP contribution in [-0.2, 0) is 0 Å². The van der Waals surface area contributed by atoms with Crippen LogP contribution in [0.1, 0.15) is 0 Å². The molecule has 24 heavy (non-hydrogen) atoms. The maximum absolute atomic E-state index is 6.08. The van der Waals surface area contributed by atoms with Gasteiger partial charge in [-0.3, -0.25) is 0 Å². The summed E-state index contributed by atoms with van der Waals surface area (Å²) in [6, 6.07) is 33.1. The first-order valence-corrected chi connectivity index (χ1v) is 8.04. The summed E-state index contributed by atoms with van der Waals surface area (Å²) in [6.45, 7) is 0. The van der Waals surface area contributed by atoms with Gasteiger partial charge in [-0.1, -0.05) is 78.9 Å². The normalized spacial score (nSPS) is 10.5. The van der Waals surface area contributed by atoms with E-state index in [9.17, 15) is 0 Å². The van der Waals surface area contributed by atoms with Crippen LogP contribution in [0.25, 0.3) is 33.6 Å². The molecular weight excluding hydrogens is 292 g/mol. The van der Waals surface area contributed by atoms with Gasteiger partial charge in [0.05, 0.1) is 16.7 Å². The van der Waals surface area contributed by atoms with E-state index in [0.717, 1.165) is 33.6 Å². The molecule has 4 rings (SSSR count). The van der Waals surface area contributed by atoms with E-state index in [1.807, 2.05) is 48.7 Å². The van der Waals surface area contributed by atoms with Crippen molar-refractivity contribution in [1.29, 1.82) is 0 Å². The van der Waals surface area contributed by atoms with Crippen molar-refractivity contribution >= 4 is 0 Å². The molecule has 3 aromatic carbocycles. The van der Waals surface area contributed by atoms with E-state index in [2.05, 4.69) is 54.6 Å². The molecule has 114 valence electrons. The number of benzene rings is 3. The Hall–Kier alpha value is -3.19. The highest BCUT2D eigenvalue weighted by Crippen LogP contribution is 2.35. The van der Waals surface area contributed by atoms with E-state index in [1.54, 1.807) is 0 Å². The van der Waals surface area contributed by atoms with Gasteiger partial charge in [-0.25, -0.2) is 4.42 Å². The zero-order valence-electron chi connectivity index (χ0n) is 13.2. The lowest BCUT2D eigenvalue weighted by Crippen LogP contribution is -1.87. The van der Waals surface area contributed by atoms with Crippen LogP contribution >= 0.6 is 0 Å². The summed E-state index contributed by atoms with van der Waals surface area (Å²) in [5.41, 5.74) is 5.56. The first-order chi connectivity index (χ1) is 11.9. The summed E-state index contributed by atoms with van der Waals surface area (Å²) in [5, 5.41) is 0. The summed E-state index contributed by atoms with van der Waals surface area (Å²) in [6.07, 6.45) is 1.84. The van der Waals surface area contributed by atoms with Crippen molar-refractivity contribution in [3.63, 3.8) is 0 Å². The molecule has 0 spiro atoms. The standard InChI is InChI=1S/C23H17O/c1-4-10-18(11-5-1)21-16-22(19-12-6-2-7-13-19)23(24-17-21)20-14-8-3-9-15-20/h1-17H/q+1. The Balaban J connectivity index is 1.92. The van der Waals surface area contributed by atoms with E-state index in [-0.39, 0.29) is 0 Å². The molecule has 0 aliphatic heterocycles. The molecule has 1 aromatic heterocycles. The average molecular weight is 309 g/mol. The van der Waals surface area contributed by atoms with Gasteiger partial charge in [0.2, 0.25) is 0 Å². The molecule has 1 nitrogen and oxygen atoms in total. The highest BCUT2D eigenvalue weighted by Gasteiger charge is 2.21. The van der Waals surface area contributed by atoms with Crippen LogP contribution in [-0.4, -0.2) is 0 Å². The molecule has 0 bridgehead atoms. The predicted molar refractivity (Wildman–Crippen MR) is 99.4 cm³/mol. The van der Waals surface area contributed by atoms with Crippen LogP contribution in [0.15, 0.2) is 108 Å². The summed E-state index contributed by atoms with van der Waals surface area (Å²) < 4.78 is 6.08. The first kappa shape index (κ1) is 14.4. The second-order valence-electron chi connectivity index (χ2n) is 5.68. The molecule has 1 heteroatoms. The van der Waals surface area contributed by atoms with Gasteiger partial charge in [0.15, 0.2) is 0 Å². The Morgan fingerprint density at radius 2 is 0.958 bits per heavy atom. The van der Waals surface area contributed by atoms with E-state index >= 15 is 0 Å². The smallest absolute Gasteiger partial charge is 0.214 e. The van der Waals surface area contributed by atoms with Gasteiger partial charge in [0, 0.05) is 0 Å². The lowest BCUT2D eigenvalue weighted by atomic mass is 9.97. The van der Waals surface area contributed by atoms with Gasteiger partial charge in [-0.2, -0.15) is 0 Å². The molecule has 0 unspecified atom stereocenters. The second-order valence-corrected chi connectivity index (χ2v) is 5.68. The number of hydrogen-bond acceptors (Lipinski definition) is 0. The summed E-state index contributed by atoms with van der Waals surface area (Å²) >= 11 is 0. The van der Waals surface area contributed by atoms with Crippen molar-refractivity contribution in [1.82, 2.24) is 0 Å². The maximum atomic E-state index is 6.08. The Bertz CT molecular complexity index is 929. The van der Waals surface area contributed by atoms with Crippen LogP contribution in [0.4, 0.5) is 0 Å². The van der Waals surface area contributed by atoms with Crippen LogP contribution in [0.3, 0.4) is 0 Å². The molecule has 0 fully saturated rings. The molecular formula is C23H17O+. The third-order valence-corrected chi connectivity index (χ3v) is 4.08. The Kier molecular flexibility index (Phi) is 3.91. The number of rotatable bonds is 3.